The number of benzene rings is 1. The van der Waals surface area contributed by atoms with Gasteiger partial charge in [-0.2, -0.15) is 0 Å². The summed E-state index contributed by atoms with van der Waals surface area (Å²) in [6.07, 6.45) is 2.01. The van der Waals surface area contributed by atoms with E-state index in [-0.39, 0.29) is 35.7 Å². The number of hydrogen-bond acceptors (Lipinski definition) is 2. The lowest BCUT2D eigenvalue weighted by molar-refractivity contribution is -0.122. The average Bonchev–Trinajstić information content (AvgIpc) is 3.24. The quantitative estimate of drug-likeness (QED) is 0.841. The van der Waals surface area contributed by atoms with E-state index in [4.69, 9.17) is 5.73 Å². The minimum Gasteiger partial charge on any atom is -0.354 e. The van der Waals surface area contributed by atoms with E-state index in [1.165, 1.54) is 18.2 Å². The molecule has 0 aliphatic heterocycles. The Morgan fingerprint density at radius 2 is 1.86 bits per heavy atom. The lowest BCUT2D eigenvalue weighted by atomic mass is 9.94. The van der Waals surface area contributed by atoms with Crippen molar-refractivity contribution in [2.45, 2.75) is 44.6 Å². The summed E-state index contributed by atoms with van der Waals surface area (Å²) in [4.78, 5) is 12.1. The van der Waals surface area contributed by atoms with E-state index in [9.17, 15) is 13.6 Å². The molecule has 0 bridgehead atoms. The van der Waals surface area contributed by atoms with E-state index < -0.39 is 17.2 Å². The molecule has 3 nitrogen and oxygen atoms in total. The van der Waals surface area contributed by atoms with Crippen molar-refractivity contribution in [1.82, 2.24) is 5.32 Å². The van der Waals surface area contributed by atoms with Crippen LogP contribution in [0, 0.1) is 17.6 Å². The molecule has 0 heterocycles. The molecule has 1 amide bonds. The van der Waals surface area contributed by atoms with Gasteiger partial charge in [-0.15, -0.1) is 12.4 Å². The molecule has 1 aromatic carbocycles. The standard InChI is InChI=1S/C16H22F2N2O.ClH/c1-3-16(19,4-2)9-20-15(21)11-8-10(11)14-12(17)6-5-7-13(14)18;/h5-7,10-11H,3-4,8-9,19H2,1-2H3,(H,20,21);1H. The lowest BCUT2D eigenvalue weighted by Gasteiger charge is -2.26. The van der Waals surface area contributed by atoms with Gasteiger partial charge in [-0.25, -0.2) is 8.78 Å². The van der Waals surface area contributed by atoms with Crippen molar-refractivity contribution in [1.29, 1.82) is 0 Å². The SMILES string of the molecule is CCC(N)(CC)CNC(=O)C1CC1c1c(F)cccc1F.Cl. The number of rotatable bonds is 6. The zero-order valence-electron chi connectivity index (χ0n) is 12.9. The molecular weight excluding hydrogens is 310 g/mol. The van der Waals surface area contributed by atoms with Crippen LogP contribution in [0.3, 0.4) is 0 Å². The van der Waals surface area contributed by atoms with Crippen LogP contribution in [-0.2, 0) is 4.79 Å². The van der Waals surface area contributed by atoms with Gasteiger partial charge in [0.2, 0.25) is 5.91 Å². The number of carbonyl (C=O) groups is 1. The lowest BCUT2D eigenvalue weighted by Crippen LogP contribution is -2.49. The molecular formula is C16H23ClF2N2O. The van der Waals surface area contributed by atoms with Gasteiger partial charge in [-0.3, -0.25) is 4.79 Å². The van der Waals surface area contributed by atoms with Crippen molar-refractivity contribution in [2.75, 3.05) is 6.54 Å². The molecule has 0 aromatic heterocycles. The molecule has 2 rings (SSSR count). The maximum atomic E-state index is 13.7. The maximum Gasteiger partial charge on any atom is 0.223 e. The van der Waals surface area contributed by atoms with Crippen LogP contribution in [0.1, 0.15) is 44.6 Å². The number of nitrogens with one attached hydrogen (secondary N) is 1. The van der Waals surface area contributed by atoms with E-state index >= 15 is 0 Å². The Morgan fingerprint density at radius 1 is 1.32 bits per heavy atom. The van der Waals surface area contributed by atoms with Gasteiger partial charge in [0.25, 0.3) is 0 Å². The van der Waals surface area contributed by atoms with Crippen molar-refractivity contribution in [3.63, 3.8) is 0 Å². The second kappa shape index (κ2) is 7.38. The second-order valence-corrected chi connectivity index (χ2v) is 5.87. The fourth-order valence-electron chi connectivity index (χ4n) is 2.56. The summed E-state index contributed by atoms with van der Waals surface area (Å²) in [6, 6.07) is 3.78. The Morgan fingerprint density at radius 3 is 2.36 bits per heavy atom. The van der Waals surface area contributed by atoms with Crippen LogP contribution in [0.5, 0.6) is 0 Å². The van der Waals surface area contributed by atoms with E-state index in [2.05, 4.69) is 5.32 Å². The molecule has 1 fully saturated rings. The van der Waals surface area contributed by atoms with Crippen molar-refractivity contribution in [3.05, 3.63) is 35.4 Å². The smallest absolute Gasteiger partial charge is 0.223 e. The van der Waals surface area contributed by atoms with Crippen LogP contribution in [-0.4, -0.2) is 18.0 Å². The predicted octanol–water partition coefficient (Wildman–Crippen LogP) is 3.12. The largest absolute Gasteiger partial charge is 0.354 e. The highest BCUT2D eigenvalue weighted by atomic mass is 35.5. The molecule has 124 valence electrons. The normalized spacial score (nSPS) is 20.2. The van der Waals surface area contributed by atoms with Crippen LogP contribution >= 0.6 is 12.4 Å². The van der Waals surface area contributed by atoms with E-state index in [0.717, 1.165) is 12.8 Å². The molecule has 2 unspecified atom stereocenters. The predicted molar refractivity (Wildman–Crippen MR) is 85.0 cm³/mol. The topological polar surface area (TPSA) is 55.1 Å². The maximum absolute atomic E-state index is 13.7. The van der Waals surface area contributed by atoms with Gasteiger partial charge in [0, 0.05) is 29.5 Å². The highest BCUT2D eigenvalue weighted by Gasteiger charge is 2.46. The molecule has 1 aromatic rings. The van der Waals surface area contributed by atoms with Gasteiger partial charge in [0.1, 0.15) is 11.6 Å². The van der Waals surface area contributed by atoms with Gasteiger partial charge in [0.05, 0.1) is 0 Å². The highest BCUT2D eigenvalue weighted by Crippen LogP contribution is 2.49. The van der Waals surface area contributed by atoms with E-state index in [1.54, 1.807) is 0 Å². The van der Waals surface area contributed by atoms with Crippen molar-refractivity contribution in [2.24, 2.45) is 11.7 Å². The first-order valence-corrected chi connectivity index (χ1v) is 7.42. The highest BCUT2D eigenvalue weighted by molar-refractivity contribution is 5.85. The molecule has 1 saturated carbocycles. The summed E-state index contributed by atoms with van der Waals surface area (Å²) < 4.78 is 27.3. The minimum atomic E-state index is -0.578. The molecule has 1 aliphatic carbocycles. The minimum absolute atomic E-state index is 0. The number of hydrogen-bond donors (Lipinski definition) is 2. The zero-order chi connectivity index (χ0) is 15.6. The first-order chi connectivity index (χ1) is 9.91. The fraction of sp³-hybridized carbons (Fsp3) is 0.562. The van der Waals surface area contributed by atoms with Gasteiger partial charge >= 0.3 is 0 Å². The molecule has 0 saturated heterocycles. The van der Waals surface area contributed by atoms with Crippen molar-refractivity contribution >= 4 is 18.3 Å². The average molecular weight is 333 g/mol. The molecule has 22 heavy (non-hydrogen) atoms. The summed E-state index contributed by atoms with van der Waals surface area (Å²) in [5.41, 5.74) is 5.74. The number of amides is 1. The van der Waals surface area contributed by atoms with Gasteiger partial charge < -0.3 is 11.1 Å². The Labute approximate surface area is 136 Å². The Balaban J connectivity index is 0.00000242. The summed E-state index contributed by atoms with van der Waals surface area (Å²) in [5.74, 6) is -2.04. The van der Waals surface area contributed by atoms with Crippen LogP contribution in [0.4, 0.5) is 8.78 Å². The Kier molecular flexibility index (Phi) is 6.32. The number of nitrogens with two attached hydrogens (primary N) is 1. The van der Waals surface area contributed by atoms with Crippen LogP contribution < -0.4 is 11.1 Å². The number of carbonyl (C=O) groups excluding carboxylic acids is 1. The summed E-state index contributed by atoms with van der Waals surface area (Å²) >= 11 is 0. The molecule has 3 N–H and O–H groups in total. The molecule has 1 aliphatic rings. The molecule has 0 spiro atoms. The van der Waals surface area contributed by atoms with Crippen LogP contribution in [0.2, 0.25) is 0 Å². The third-order valence-electron chi connectivity index (χ3n) is 4.52. The summed E-state index contributed by atoms with van der Waals surface area (Å²) in [6.45, 7) is 4.34. The summed E-state index contributed by atoms with van der Waals surface area (Å²) in [7, 11) is 0. The Hall–Kier alpha value is -1.20. The first kappa shape index (κ1) is 18.8. The third-order valence-corrected chi connectivity index (χ3v) is 4.52. The van der Waals surface area contributed by atoms with E-state index in [1.807, 2.05) is 13.8 Å². The fourth-order valence-corrected chi connectivity index (χ4v) is 2.56. The van der Waals surface area contributed by atoms with Crippen LogP contribution in [0.25, 0.3) is 0 Å². The van der Waals surface area contributed by atoms with Crippen LogP contribution in [0.15, 0.2) is 18.2 Å². The van der Waals surface area contributed by atoms with Crippen molar-refractivity contribution < 1.29 is 13.6 Å². The molecule has 2 atom stereocenters. The van der Waals surface area contributed by atoms with Gasteiger partial charge in [0.15, 0.2) is 0 Å². The zero-order valence-corrected chi connectivity index (χ0v) is 13.7. The first-order valence-electron chi connectivity index (χ1n) is 7.42. The second-order valence-electron chi connectivity index (χ2n) is 5.87. The Bertz CT molecular complexity index is 515. The summed E-state index contributed by atoms with van der Waals surface area (Å²) in [5, 5.41) is 2.82. The number of halogens is 3. The van der Waals surface area contributed by atoms with Gasteiger partial charge in [-0.1, -0.05) is 19.9 Å². The molecule has 6 heteroatoms. The monoisotopic (exact) mass is 332 g/mol. The van der Waals surface area contributed by atoms with Crippen molar-refractivity contribution in [3.8, 4) is 0 Å². The third kappa shape index (κ3) is 3.96. The molecule has 0 radical (unpaired) electrons. The van der Waals surface area contributed by atoms with Gasteiger partial charge in [-0.05, 0) is 31.4 Å². The van der Waals surface area contributed by atoms with E-state index in [0.29, 0.717) is 13.0 Å².